The lowest BCUT2D eigenvalue weighted by atomic mass is 9.95. The lowest BCUT2D eigenvalue weighted by Gasteiger charge is -2.28. The van der Waals surface area contributed by atoms with E-state index in [1.54, 1.807) is 6.07 Å². The van der Waals surface area contributed by atoms with E-state index in [1.807, 2.05) is 9.44 Å². The zero-order chi connectivity index (χ0) is 26.0. The van der Waals surface area contributed by atoms with Crippen molar-refractivity contribution < 1.29 is 45.8 Å². The Balaban J connectivity index is 1.95. The second kappa shape index (κ2) is 10.4. The molecule has 0 fully saturated rings. The van der Waals surface area contributed by atoms with Gasteiger partial charge >= 0.3 is 12.1 Å². The van der Waals surface area contributed by atoms with E-state index in [0.717, 1.165) is 12.1 Å². The number of halogens is 4. The van der Waals surface area contributed by atoms with Gasteiger partial charge in [0.15, 0.2) is 11.8 Å². The highest BCUT2D eigenvalue weighted by Crippen LogP contribution is 2.43. The summed E-state index contributed by atoms with van der Waals surface area (Å²) < 4.78 is 78.8. The van der Waals surface area contributed by atoms with E-state index in [4.69, 9.17) is 21.1 Å². The van der Waals surface area contributed by atoms with Crippen LogP contribution in [0.5, 0.6) is 11.5 Å². The molecule has 0 aromatic heterocycles. The number of Topliss-reactive ketones (excluding diaryl/α,β-unsaturated/α-hetero) is 1. The third-order valence-electron chi connectivity index (χ3n) is 4.92. The Hall–Kier alpha value is -2.87. The fourth-order valence-corrected chi connectivity index (χ4v) is 4.56. The Morgan fingerprint density at radius 3 is 2.66 bits per heavy atom. The van der Waals surface area contributed by atoms with Gasteiger partial charge in [0.05, 0.1) is 22.6 Å². The summed E-state index contributed by atoms with van der Waals surface area (Å²) in [7, 11) is -4.21. The maximum Gasteiger partial charge on any atom is 0.416 e. The van der Waals surface area contributed by atoms with Gasteiger partial charge in [-0.2, -0.15) is 26.3 Å². The van der Waals surface area contributed by atoms with Crippen molar-refractivity contribution in [3.63, 3.8) is 0 Å². The van der Waals surface area contributed by atoms with Gasteiger partial charge in [-0.25, -0.2) is 4.72 Å². The number of carbonyl (C=O) groups is 2. The number of fused-ring (bicyclic) bond motifs is 1. The third kappa shape index (κ3) is 6.42. The molecule has 1 heterocycles. The van der Waals surface area contributed by atoms with Crippen molar-refractivity contribution in [3.8, 4) is 11.5 Å². The summed E-state index contributed by atoms with van der Waals surface area (Å²) in [5.74, 6) is -2.36. The van der Waals surface area contributed by atoms with E-state index in [-0.39, 0.29) is 40.6 Å². The van der Waals surface area contributed by atoms with Crippen molar-refractivity contribution >= 4 is 33.6 Å². The first-order chi connectivity index (χ1) is 16.3. The van der Waals surface area contributed by atoms with Crippen molar-refractivity contribution in [1.82, 2.24) is 9.44 Å². The van der Waals surface area contributed by atoms with E-state index in [2.05, 4.69) is 0 Å². The Labute approximate surface area is 203 Å². The number of alkyl halides is 3. The average Bonchev–Trinajstić information content (AvgIpc) is 2.76. The van der Waals surface area contributed by atoms with E-state index in [9.17, 15) is 36.3 Å². The number of rotatable bonds is 9. The maximum atomic E-state index is 13.3. The average molecular weight is 537 g/mol. The number of carbonyl (C=O) groups excluding carboxylic acids is 1. The summed E-state index contributed by atoms with van der Waals surface area (Å²) in [4.78, 5) is 24.1. The number of para-hydroxylation sites is 1. The first-order valence-electron chi connectivity index (χ1n) is 10.1. The zero-order valence-corrected chi connectivity index (χ0v) is 19.6. The highest BCUT2D eigenvalue weighted by molar-refractivity contribution is 7.87. The molecule has 1 aliphatic rings. The molecule has 35 heavy (non-hydrogen) atoms. The molecule has 190 valence electrons. The molecular formula is C21H20ClF3N2O7S. The van der Waals surface area contributed by atoms with Crippen LogP contribution in [-0.4, -0.2) is 44.5 Å². The van der Waals surface area contributed by atoms with Crippen LogP contribution in [0.25, 0.3) is 0 Å². The van der Waals surface area contributed by atoms with Gasteiger partial charge in [-0.1, -0.05) is 30.7 Å². The van der Waals surface area contributed by atoms with Crippen LogP contribution in [0.3, 0.4) is 0 Å². The number of benzene rings is 2. The molecule has 0 amide bonds. The standard InChI is InChI=1S/C21H20ClF3N2O7S/c1-2-26-35(31,32)27-15(20(29)30)10-33-17-8-11(21(23,24)25)6-7-13(17)18-9-16(28)12-4-3-5-14(22)19(12)34-18/h3-8,15,18,26-27H,2,9-10H2,1H3,(H,29,30)/t15-,18?/m1/s1. The molecule has 14 heteroatoms. The van der Waals surface area contributed by atoms with Crippen LogP contribution < -0.4 is 18.9 Å². The number of hydrogen-bond acceptors (Lipinski definition) is 6. The topological polar surface area (TPSA) is 131 Å². The highest BCUT2D eigenvalue weighted by Gasteiger charge is 2.35. The summed E-state index contributed by atoms with van der Waals surface area (Å²) in [5.41, 5.74) is -0.862. The van der Waals surface area contributed by atoms with Gasteiger partial charge in [0, 0.05) is 12.1 Å². The Morgan fingerprint density at radius 2 is 2.03 bits per heavy atom. The van der Waals surface area contributed by atoms with Crippen molar-refractivity contribution in [2.24, 2.45) is 0 Å². The normalized spacial score (nSPS) is 16.8. The first-order valence-corrected chi connectivity index (χ1v) is 12.0. The molecule has 2 atom stereocenters. The number of aliphatic carboxylic acids is 1. The number of carboxylic acid groups (broad SMARTS) is 1. The Bertz CT molecular complexity index is 1240. The van der Waals surface area contributed by atoms with Gasteiger partial charge in [-0.3, -0.25) is 9.59 Å². The van der Waals surface area contributed by atoms with E-state index >= 15 is 0 Å². The molecule has 0 aliphatic carbocycles. The van der Waals surface area contributed by atoms with Crippen LogP contribution in [0.15, 0.2) is 36.4 Å². The lowest BCUT2D eigenvalue weighted by molar-refractivity contribution is -0.140. The van der Waals surface area contributed by atoms with Crippen LogP contribution in [0.2, 0.25) is 5.02 Å². The molecule has 3 rings (SSSR count). The molecule has 0 radical (unpaired) electrons. The molecule has 1 aliphatic heterocycles. The third-order valence-corrected chi connectivity index (χ3v) is 6.48. The predicted octanol–water partition coefficient (Wildman–Crippen LogP) is 3.34. The monoisotopic (exact) mass is 536 g/mol. The lowest BCUT2D eigenvalue weighted by Crippen LogP contribution is -2.49. The molecular weight excluding hydrogens is 517 g/mol. The van der Waals surface area contributed by atoms with Crippen LogP contribution in [0.4, 0.5) is 13.2 Å². The van der Waals surface area contributed by atoms with Crippen molar-refractivity contribution in [3.05, 3.63) is 58.1 Å². The zero-order valence-electron chi connectivity index (χ0n) is 18.1. The molecule has 0 saturated heterocycles. The number of hydrogen-bond donors (Lipinski definition) is 3. The molecule has 1 unspecified atom stereocenters. The molecule has 0 bridgehead atoms. The van der Waals surface area contributed by atoms with E-state index < -0.39 is 52.4 Å². The van der Waals surface area contributed by atoms with Crippen LogP contribution in [-0.2, 0) is 21.2 Å². The summed E-state index contributed by atoms with van der Waals surface area (Å²) in [6, 6.07) is 5.15. The number of ether oxygens (including phenoxy) is 2. The summed E-state index contributed by atoms with van der Waals surface area (Å²) in [6.07, 6.45) is -6.09. The summed E-state index contributed by atoms with van der Waals surface area (Å²) in [5, 5.41) is 9.48. The quantitative estimate of drug-likeness (QED) is 0.448. The van der Waals surface area contributed by atoms with Crippen LogP contribution >= 0.6 is 11.6 Å². The van der Waals surface area contributed by atoms with Gasteiger partial charge in [0.2, 0.25) is 0 Å². The van der Waals surface area contributed by atoms with Crippen molar-refractivity contribution in [2.75, 3.05) is 13.2 Å². The molecule has 0 spiro atoms. The van der Waals surface area contributed by atoms with Gasteiger partial charge in [-0.15, -0.1) is 0 Å². The van der Waals surface area contributed by atoms with Crippen LogP contribution in [0, 0.1) is 0 Å². The number of nitrogens with one attached hydrogen (secondary N) is 2. The molecule has 9 nitrogen and oxygen atoms in total. The largest absolute Gasteiger partial charge is 0.491 e. The molecule has 3 N–H and O–H groups in total. The minimum absolute atomic E-state index is 0.0237. The van der Waals surface area contributed by atoms with Gasteiger partial charge in [0.25, 0.3) is 10.2 Å². The molecule has 2 aromatic carbocycles. The number of ketones is 1. The van der Waals surface area contributed by atoms with Crippen LogP contribution in [0.1, 0.15) is 40.9 Å². The molecule has 2 aromatic rings. The number of carboxylic acids is 1. The maximum absolute atomic E-state index is 13.3. The van der Waals surface area contributed by atoms with Gasteiger partial charge < -0.3 is 14.6 Å². The minimum Gasteiger partial charge on any atom is -0.491 e. The minimum atomic E-state index is -4.76. The Kier molecular flexibility index (Phi) is 7.94. The van der Waals surface area contributed by atoms with Gasteiger partial charge in [-0.05, 0) is 24.3 Å². The highest BCUT2D eigenvalue weighted by atomic mass is 35.5. The Morgan fingerprint density at radius 1 is 1.31 bits per heavy atom. The fraction of sp³-hybridized carbons (Fsp3) is 0.333. The van der Waals surface area contributed by atoms with Gasteiger partial charge in [0.1, 0.15) is 24.2 Å². The van der Waals surface area contributed by atoms with E-state index in [0.29, 0.717) is 6.07 Å². The second-order valence-electron chi connectivity index (χ2n) is 7.42. The second-order valence-corrected chi connectivity index (χ2v) is 9.36. The summed E-state index contributed by atoms with van der Waals surface area (Å²) in [6.45, 7) is 0.583. The fourth-order valence-electron chi connectivity index (χ4n) is 3.33. The van der Waals surface area contributed by atoms with Crippen molar-refractivity contribution in [1.29, 1.82) is 0 Å². The predicted molar refractivity (Wildman–Crippen MR) is 118 cm³/mol. The smallest absolute Gasteiger partial charge is 0.416 e. The molecule has 0 saturated carbocycles. The summed E-state index contributed by atoms with van der Waals surface area (Å²) >= 11 is 6.12. The van der Waals surface area contributed by atoms with E-state index in [1.165, 1.54) is 19.1 Å². The SMILES string of the molecule is CCNS(=O)(=O)N[C@H](COc1cc(C(F)(F)F)ccc1C1CC(=O)c2cccc(Cl)c2O1)C(=O)O. The first kappa shape index (κ1) is 26.7. The van der Waals surface area contributed by atoms with Crippen molar-refractivity contribution in [2.45, 2.75) is 31.7 Å².